The van der Waals surface area contributed by atoms with Crippen LogP contribution >= 0.6 is 0 Å². The van der Waals surface area contributed by atoms with Crippen LogP contribution in [0.1, 0.15) is 5.56 Å². The molecule has 0 unspecified atom stereocenters. The molecule has 0 atom stereocenters. The van der Waals surface area contributed by atoms with Gasteiger partial charge >= 0.3 is 0 Å². The topological polar surface area (TPSA) is 81.0 Å². The van der Waals surface area contributed by atoms with E-state index in [1.807, 2.05) is 7.05 Å². The monoisotopic (exact) mass is 244 g/mol. The molecule has 0 saturated heterocycles. The Morgan fingerprint density at radius 2 is 1.83 bits per heavy atom. The van der Waals surface area contributed by atoms with E-state index in [-0.39, 0.29) is 5.69 Å². The van der Waals surface area contributed by atoms with Gasteiger partial charge in [-0.05, 0) is 19.2 Å². The fourth-order valence-corrected chi connectivity index (χ4v) is 1.53. The molecule has 1 heterocycles. The van der Waals surface area contributed by atoms with Crippen molar-refractivity contribution in [3.63, 3.8) is 0 Å². The van der Waals surface area contributed by atoms with Crippen LogP contribution in [0.5, 0.6) is 0 Å². The number of aromatic nitrogens is 2. The first-order valence-electron chi connectivity index (χ1n) is 5.41. The lowest BCUT2D eigenvalue weighted by Gasteiger charge is -2.02. The van der Waals surface area contributed by atoms with E-state index in [9.17, 15) is 10.1 Å². The Bertz CT molecular complexity index is 537. The van der Waals surface area contributed by atoms with Crippen LogP contribution in [-0.4, -0.2) is 21.9 Å². The summed E-state index contributed by atoms with van der Waals surface area (Å²) in [5.41, 5.74) is 1.81. The highest BCUT2D eigenvalue weighted by Gasteiger charge is 2.06. The molecule has 0 aliphatic heterocycles. The number of hydrogen-bond acceptors (Lipinski definition) is 5. The predicted octanol–water partition coefficient (Wildman–Crippen LogP) is 1.77. The quantitative estimate of drug-likeness (QED) is 0.654. The molecule has 1 aromatic heterocycles. The molecule has 1 N–H and O–H groups in total. The second-order valence-electron chi connectivity index (χ2n) is 3.75. The van der Waals surface area contributed by atoms with E-state index in [2.05, 4.69) is 15.3 Å². The first-order valence-corrected chi connectivity index (χ1v) is 5.41. The molecular formula is C12H12N4O2. The zero-order valence-electron chi connectivity index (χ0n) is 9.83. The standard InChI is InChI=1S/C12H12N4O2/c1-13-6-9-7-14-12(15-8-9)10-2-4-11(5-3-10)16(17)18/h2-5,7-8,13H,6H2,1H3. The van der Waals surface area contributed by atoms with Gasteiger partial charge in [0.05, 0.1) is 4.92 Å². The molecule has 0 fully saturated rings. The van der Waals surface area contributed by atoms with Gasteiger partial charge in [-0.15, -0.1) is 0 Å². The van der Waals surface area contributed by atoms with Crippen LogP contribution in [0.2, 0.25) is 0 Å². The van der Waals surface area contributed by atoms with Gasteiger partial charge in [-0.2, -0.15) is 0 Å². The van der Waals surface area contributed by atoms with Crippen molar-refractivity contribution < 1.29 is 4.92 Å². The lowest BCUT2D eigenvalue weighted by atomic mass is 10.2. The SMILES string of the molecule is CNCc1cnc(-c2ccc([N+](=O)[O-])cc2)nc1. The third kappa shape index (κ3) is 2.67. The van der Waals surface area contributed by atoms with Crippen LogP contribution < -0.4 is 5.32 Å². The number of nitro benzene ring substituents is 1. The van der Waals surface area contributed by atoms with E-state index in [4.69, 9.17) is 0 Å². The third-order valence-corrected chi connectivity index (χ3v) is 2.42. The Hall–Kier alpha value is -2.34. The van der Waals surface area contributed by atoms with E-state index < -0.39 is 4.92 Å². The molecule has 2 aromatic rings. The van der Waals surface area contributed by atoms with Crippen molar-refractivity contribution in [1.82, 2.24) is 15.3 Å². The molecule has 0 amide bonds. The van der Waals surface area contributed by atoms with Crippen LogP contribution in [0.3, 0.4) is 0 Å². The number of nitrogens with zero attached hydrogens (tertiary/aromatic N) is 3. The molecule has 0 spiro atoms. The average molecular weight is 244 g/mol. The van der Waals surface area contributed by atoms with Crippen molar-refractivity contribution in [3.05, 3.63) is 52.3 Å². The fourth-order valence-electron chi connectivity index (χ4n) is 1.53. The van der Waals surface area contributed by atoms with E-state index >= 15 is 0 Å². The van der Waals surface area contributed by atoms with E-state index in [1.54, 1.807) is 24.5 Å². The maximum atomic E-state index is 10.5. The number of rotatable bonds is 4. The van der Waals surface area contributed by atoms with Gasteiger partial charge < -0.3 is 5.32 Å². The second kappa shape index (κ2) is 5.33. The normalized spacial score (nSPS) is 10.3. The molecular weight excluding hydrogens is 232 g/mol. The van der Waals surface area contributed by atoms with Crippen LogP contribution in [-0.2, 0) is 6.54 Å². The molecule has 2 rings (SSSR count). The van der Waals surface area contributed by atoms with Gasteiger partial charge in [0.25, 0.3) is 5.69 Å². The van der Waals surface area contributed by atoms with Crippen LogP contribution in [0.25, 0.3) is 11.4 Å². The molecule has 0 radical (unpaired) electrons. The third-order valence-electron chi connectivity index (χ3n) is 2.42. The lowest BCUT2D eigenvalue weighted by Crippen LogP contribution is -2.06. The Morgan fingerprint density at radius 3 is 2.33 bits per heavy atom. The molecule has 0 aliphatic carbocycles. The lowest BCUT2D eigenvalue weighted by molar-refractivity contribution is -0.384. The minimum absolute atomic E-state index is 0.0607. The summed E-state index contributed by atoms with van der Waals surface area (Å²) < 4.78 is 0. The van der Waals surface area contributed by atoms with Crippen molar-refractivity contribution >= 4 is 5.69 Å². The maximum Gasteiger partial charge on any atom is 0.269 e. The maximum absolute atomic E-state index is 10.5. The molecule has 0 saturated carbocycles. The van der Waals surface area contributed by atoms with Crippen molar-refractivity contribution in [2.45, 2.75) is 6.54 Å². The summed E-state index contributed by atoms with van der Waals surface area (Å²) in [6, 6.07) is 6.18. The highest BCUT2D eigenvalue weighted by Crippen LogP contribution is 2.18. The summed E-state index contributed by atoms with van der Waals surface area (Å²) in [5.74, 6) is 0.560. The molecule has 18 heavy (non-hydrogen) atoms. The molecule has 6 heteroatoms. The molecule has 6 nitrogen and oxygen atoms in total. The first kappa shape index (κ1) is 12.1. The Balaban J connectivity index is 2.23. The number of nitro groups is 1. The van der Waals surface area contributed by atoms with Crippen LogP contribution in [0.15, 0.2) is 36.7 Å². The number of nitrogens with one attached hydrogen (secondary N) is 1. The number of hydrogen-bond donors (Lipinski definition) is 1. The van der Waals surface area contributed by atoms with Gasteiger partial charge in [0, 0.05) is 42.2 Å². The highest BCUT2D eigenvalue weighted by atomic mass is 16.6. The van der Waals surface area contributed by atoms with Gasteiger partial charge in [-0.25, -0.2) is 9.97 Å². The Morgan fingerprint density at radius 1 is 1.22 bits per heavy atom. The van der Waals surface area contributed by atoms with Gasteiger partial charge in [-0.1, -0.05) is 0 Å². The number of non-ortho nitro benzene ring substituents is 1. The predicted molar refractivity (Wildman–Crippen MR) is 66.9 cm³/mol. The van der Waals surface area contributed by atoms with E-state index in [1.165, 1.54) is 12.1 Å². The highest BCUT2D eigenvalue weighted by molar-refractivity contribution is 5.56. The second-order valence-corrected chi connectivity index (χ2v) is 3.75. The summed E-state index contributed by atoms with van der Waals surface area (Å²) in [6.45, 7) is 0.709. The van der Waals surface area contributed by atoms with Crippen LogP contribution in [0.4, 0.5) is 5.69 Å². The summed E-state index contributed by atoms with van der Waals surface area (Å²) in [6.07, 6.45) is 3.47. The summed E-state index contributed by atoms with van der Waals surface area (Å²) in [7, 11) is 1.85. The summed E-state index contributed by atoms with van der Waals surface area (Å²) >= 11 is 0. The minimum Gasteiger partial charge on any atom is -0.316 e. The average Bonchev–Trinajstić information content (AvgIpc) is 2.40. The van der Waals surface area contributed by atoms with Gasteiger partial charge in [0.2, 0.25) is 0 Å². The van der Waals surface area contributed by atoms with Crippen molar-refractivity contribution in [2.24, 2.45) is 0 Å². The molecule has 92 valence electrons. The fraction of sp³-hybridized carbons (Fsp3) is 0.167. The largest absolute Gasteiger partial charge is 0.316 e. The molecule has 0 aliphatic rings. The van der Waals surface area contributed by atoms with Crippen molar-refractivity contribution in [3.8, 4) is 11.4 Å². The molecule has 1 aromatic carbocycles. The number of benzene rings is 1. The van der Waals surface area contributed by atoms with E-state index in [0.29, 0.717) is 12.4 Å². The summed E-state index contributed by atoms with van der Waals surface area (Å²) in [5, 5.41) is 13.5. The van der Waals surface area contributed by atoms with Gasteiger partial charge in [-0.3, -0.25) is 10.1 Å². The first-order chi connectivity index (χ1) is 8.70. The smallest absolute Gasteiger partial charge is 0.269 e. The van der Waals surface area contributed by atoms with E-state index in [0.717, 1.165) is 11.1 Å². The van der Waals surface area contributed by atoms with Gasteiger partial charge in [0.15, 0.2) is 5.82 Å². The van der Waals surface area contributed by atoms with Crippen molar-refractivity contribution in [1.29, 1.82) is 0 Å². The van der Waals surface area contributed by atoms with Crippen LogP contribution in [0, 0.1) is 10.1 Å². The zero-order valence-corrected chi connectivity index (χ0v) is 9.83. The Labute approximate surface area is 104 Å². The van der Waals surface area contributed by atoms with Crippen molar-refractivity contribution in [2.75, 3.05) is 7.05 Å². The summed E-state index contributed by atoms with van der Waals surface area (Å²) in [4.78, 5) is 18.5. The minimum atomic E-state index is -0.430. The Kier molecular flexibility index (Phi) is 3.59. The zero-order chi connectivity index (χ0) is 13.0. The van der Waals surface area contributed by atoms with Gasteiger partial charge in [0.1, 0.15) is 0 Å². The molecule has 0 bridgehead atoms.